The van der Waals surface area contributed by atoms with E-state index in [1.54, 1.807) is 11.9 Å². The average Bonchev–Trinajstić information content (AvgIpc) is 3.07. The summed E-state index contributed by atoms with van der Waals surface area (Å²) >= 11 is 0. The average molecular weight is 352 g/mol. The molecule has 0 fully saturated rings. The van der Waals surface area contributed by atoms with Crippen LogP contribution in [0, 0.1) is 0 Å². The monoisotopic (exact) mass is 352 g/mol. The molecule has 1 aliphatic heterocycles. The zero-order valence-electron chi connectivity index (χ0n) is 14.6. The van der Waals surface area contributed by atoms with Crippen LogP contribution in [-0.4, -0.2) is 43.0 Å². The van der Waals surface area contributed by atoms with Crippen molar-refractivity contribution < 1.29 is 4.79 Å². The fraction of sp³-hybridized carbons (Fsp3) is 0.333. The van der Waals surface area contributed by atoms with E-state index < -0.39 is 0 Å². The molecule has 2 amide bonds. The molecule has 0 aliphatic carbocycles. The third kappa shape index (κ3) is 3.05. The highest BCUT2D eigenvalue weighted by Gasteiger charge is 2.23. The molecule has 8 nitrogen and oxygen atoms in total. The molecule has 26 heavy (non-hydrogen) atoms. The second-order valence-corrected chi connectivity index (χ2v) is 6.44. The molecule has 1 N–H and O–H groups in total. The van der Waals surface area contributed by atoms with Crippen LogP contribution < -0.4 is 10.9 Å². The third-order valence-electron chi connectivity index (χ3n) is 4.64. The van der Waals surface area contributed by atoms with Gasteiger partial charge < -0.3 is 19.2 Å². The maximum absolute atomic E-state index is 12.4. The number of aryl methyl sites for hydroxylation is 1. The summed E-state index contributed by atoms with van der Waals surface area (Å²) in [5.74, 6) is 0. The molecule has 4 heterocycles. The lowest BCUT2D eigenvalue weighted by Gasteiger charge is -2.27. The number of hydrogen-bond donors (Lipinski definition) is 1. The van der Waals surface area contributed by atoms with Gasteiger partial charge in [-0.1, -0.05) is 6.07 Å². The van der Waals surface area contributed by atoms with Crippen LogP contribution in [0.2, 0.25) is 0 Å². The summed E-state index contributed by atoms with van der Waals surface area (Å²) in [6.07, 6.45) is 6.63. The van der Waals surface area contributed by atoms with Crippen LogP contribution in [-0.2, 0) is 26.4 Å². The first kappa shape index (κ1) is 16.3. The Kier molecular flexibility index (Phi) is 4.16. The summed E-state index contributed by atoms with van der Waals surface area (Å²) in [5, 5.41) is 2.93. The van der Waals surface area contributed by atoms with Crippen LogP contribution >= 0.6 is 0 Å². The number of amides is 2. The molecule has 0 saturated heterocycles. The van der Waals surface area contributed by atoms with Crippen molar-refractivity contribution >= 4 is 11.7 Å². The third-order valence-corrected chi connectivity index (χ3v) is 4.64. The van der Waals surface area contributed by atoms with Gasteiger partial charge >= 0.3 is 6.03 Å². The molecule has 0 saturated carbocycles. The minimum absolute atomic E-state index is 0.0260. The zero-order chi connectivity index (χ0) is 18.1. The fourth-order valence-electron chi connectivity index (χ4n) is 3.21. The van der Waals surface area contributed by atoms with Gasteiger partial charge in [0.15, 0.2) is 0 Å². The first-order valence-corrected chi connectivity index (χ1v) is 8.60. The lowest BCUT2D eigenvalue weighted by molar-refractivity contribution is 0.191. The van der Waals surface area contributed by atoms with Gasteiger partial charge in [-0.15, -0.1) is 0 Å². The van der Waals surface area contributed by atoms with Gasteiger partial charge in [0.05, 0.1) is 24.3 Å². The summed E-state index contributed by atoms with van der Waals surface area (Å²) < 4.78 is 3.44. The fourth-order valence-corrected chi connectivity index (χ4v) is 3.21. The molecule has 134 valence electrons. The van der Waals surface area contributed by atoms with Gasteiger partial charge in [-0.05, 0) is 18.6 Å². The molecule has 0 unspecified atom stereocenters. The maximum atomic E-state index is 12.4. The predicted molar refractivity (Wildman–Crippen MR) is 95.9 cm³/mol. The van der Waals surface area contributed by atoms with Gasteiger partial charge in [-0.25, -0.2) is 14.8 Å². The van der Waals surface area contributed by atoms with E-state index in [-0.39, 0.29) is 11.6 Å². The number of carbonyl (C=O) groups is 1. The standard InChI is InChI=1S/C18H20N6O2/c1-22-12-20-15-11-24(9-6-14(15)17(22)25)18(26)19-7-5-13-10-23-8-3-2-4-16(23)21-13/h2-4,8,10,12H,5-7,9,11H2,1H3,(H,19,26). The summed E-state index contributed by atoms with van der Waals surface area (Å²) in [5.41, 5.74) is 3.21. The molecule has 4 rings (SSSR count). The van der Waals surface area contributed by atoms with Crippen molar-refractivity contribution in [2.24, 2.45) is 7.05 Å². The number of nitrogens with zero attached hydrogens (tertiary/aromatic N) is 5. The molecule has 3 aromatic rings. The second-order valence-electron chi connectivity index (χ2n) is 6.44. The molecule has 8 heteroatoms. The normalized spacial score (nSPS) is 13.7. The topological polar surface area (TPSA) is 84.5 Å². The SMILES string of the molecule is Cn1cnc2c(c1=O)CCN(C(=O)NCCc1cn3ccccc3n1)C2. The van der Waals surface area contributed by atoms with Crippen LogP contribution in [0.15, 0.2) is 41.7 Å². The molecule has 0 radical (unpaired) electrons. The molecule has 0 bridgehead atoms. The Morgan fingerprint density at radius 2 is 2.23 bits per heavy atom. The minimum atomic E-state index is -0.137. The maximum Gasteiger partial charge on any atom is 0.317 e. The number of carbonyl (C=O) groups excluding carboxylic acids is 1. The van der Waals surface area contributed by atoms with Crippen molar-refractivity contribution in [1.29, 1.82) is 0 Å². The molecule has 0 spiro atoms. The molecular formula is C18H20N6O2. The summed E-state index contributed by atoms with van der Waals surface area (Å²) in [7, 11) is 1.69. The van der Waals surface area contributed by atoms with Crippen LogP contribution in [0.3, 0.4) is 0 Å². The highest BCUT2D eigenvalue weighted by atomic mass is 16.2. The van der Waals surface area contributed by atoms with Gasteiger partial charge in [-0.2, -0.15) is 0 Å². The van der Waals surface area contributed by atoms with Crippen LogP contribution in [0.4, 0.5) is 4.79 Å². The quantitative estimate of drug-likeness (QED) is 0.753. The van der Waals surface area contributed by atoms with Crippen molar-refractivity contribution in [3.63, 3.8) is 0 Å². The highest BCUT2D eigenvalue weighted by molar-refractivity contribution is 5.74. The molecular weight excluding hydrogens is 332 g/mol. The van der Waals surface area contributed by atoms with Gasteiger partial charge in [0.1, 0.15) is 5.65 Å². The molecule has 1 aliphatic rings. The van der Waals surface area contributed by atoms with Crippen molar-refractivity contribution in [3.8, 4) is 0 Å². The summed E-state index contributed by atoms with van der Waals surface area (Å²) in [4.78, 5) is 35.0. The van der Waals surface area contributed by atoms with E-state index in [0.29, 0.717) is 43.7 Å². The lowest BCUT2D eigenvalue weighted by atomic mass is 10.1. The Labute approximate surface area is 150 Å². The van der Waals surface area contributed by atoms with E-state index in [9.17, 15) is 9.59 Å². The Morgan fingerprint density at radius 3 is 3.08 bits per heavy atom. The Hall–Kier alpha value is -3.16. The van der Waals surface area contributed by atoms with E-state index in [1.807, 2.05) is 35.0 Å². The molecule has 0 aromatic carbocycles. The Balaban J connectivity index is 1.35. The van der Waals surface area contributed by atoms with Crippen molar-refractivity contribution in [1.82, 2.24) is 29.2 Å². The van der Waals surface area contributed by atoms with Gasteiger partial charge in [0, 0.05) is 44.5 Å². The van der Waals surface area contributed by atoms with E-state index in [4.69, 9.17) is 0 Å². The number of pyridine rings is 1. The minimum Gasteiger partial charge on any atom is -0.338 e. The number of nitrogens with one attached hydrogen (secondary N) is 1. The van der Waals surface area contributed by atoms with Crippen molar-refractivity contribution in [3.05, 3.63) is 64.2 Å². The largest absolute Gasteiger partial charge is 0.338 e. The van der Waals surface area contributed by atoms with E-state index in [2.05, 4.69) is 15.3 Å². The van der Waals surface area contributed by atoms with Crippen molar-refractivity contribution in [2.75, 3.05) is 13.1 Å². The van der Waals surface area contributed by atoms with Crippen molar-refractivity contribution in [2.45, 2.75) is 19.4 Å². The molecule has 0 atom stereocenters. The van der Waals surface area contributed by atoms with Crippen LogP contribution in [0.5, 0.6) is 0 Å². The summed E-state index contributed by atoms with van der Waals surface area (Å²) in [6.45, 7) is 1.40. The first-order chi connectivity index (χ1) is 12.6. The van der Waals surface area contributed by atoms with Gasteiger partial charge in [-0.3, -0.25) is 4.79 Å². The smallest absolute Gasteiger partial charge is 0.317 e. The number of rotatable bonds is 3. The summed E-state index contributed by atoms with van der Waals surface area (Å²) in [6, 6.07) is 5.71. The Morgan fingerprint density at radius 1 is 1.35 bits per heavy atom. The van der Waals surface area contributed by atoms with E-state index in [0.717, 1.165) is 11.3 Å². The number of fused-ring (bicyclic) bond motifs is 2. The second kappa shape index (κ2) is 6.62. The van der Waals surface area contributed by atoms with Crippen LogP contribution in [0.1, 0.15) is 17.0 Å². The highest BCUT2D eigenvalue weighted by Crippen LogP contribution is 2.13. The predicted octanol–water partition coefficient (Wildman–Crippen LogP) is 0.738. The van der Waals surface area contributed by atoms with E-state index in [1.165, 1.54) is 10.9 Å². The number of hydrogen-bond acceptors (Lipinski definition) is 4. The number of urea groups is 1. The van der Waals surface area contributed by atoms with Gasteiger partial charge in [0.2, 0.25) is 0 Å². The first-order valence-electron chi connectivity index (χ1n) is 8.60. The molecule has 3 aromatic heterocycles. The zero-order valence-corrected chi connectivity index (χ0v) is 14.6. The lowest BCUT2D eigenvalue weighted by Crippen LogP contribution is -2.45. The van der Waals surface area contributed by atoms with Gasteiger partial charge in [0.25, 0.3) is 5.56 Å². The van der Waals surface area contributed by atoms with Crippen LogP contribution in [0.25, 0.3) is 5.65 Å². The number of imidazole rings is 1. The van der Waals surface area contributed by atoms with E-state index >= 15 is 0 Å². The Bertz CT molecular complexity index is 989. The number of aromatic nitrogens is 4.